The Morgan fingerprint density at radius 3 is 2.94 bits per heavy atom. The number of hydrogen-bond donors (Lipinski definition) is 1. The minimum absolute atomic E-state index is 0.104. The highest BCUT2D eigenvalue weighted by molar-refractivity contribution is 6.30. The van der Waals surface area contributed by atoms with E-state index in [1.54, 1.807) is 16.6 Å². The van der Waals surface area contributed by atoms with E-state index in [0.717, 1.165) is 17.9 Å². The summed E-state index contributed by atoms with van der Waals surface area (Å²) < 4.78 is 1.74. The van der Waals surface area contributed by atoms with Crippen molar-refractivity contribution in [1.82, 2.24) is 14.6 Å². The van der Waals surface area contributed by atoms with Crippen molar-refractivity contribution in [3.8, 4) is 0 Å². The van der Waals surface area contributed by atoms with Gasteiger partial charge < -0.3 is 5.73 Å². The van der Waals surface area contributed by atoms with Crippen molar-refractivity contribution in [2.45, 2.75) is 25.7 Å². The van der Waals surface area contributed by atoms with E-state index in [9.17, 15) is 0 Å². The van der Waals surface area contributed by atoms with Gasteiger partial charge in [-0.15, -0.1) is 0 Å². The molecular formula is C11H15ClN4. The number of rotatable bonds is 3. The molecule has 0 radical (unpaired) electrons. The fraction of sp³-hybridized carbons (Fsp3) is 0.455. The zero-order valence-corrected chi connectivity index (χ0v) is 10.2. The average molecular weight is 239 g/mol. The second kappa shape index (κ2) is 4.03. The van der Waals surface area contributed by atoms with Crippen LogP contribution in [0.4, 0.5) is 0 Å². The van der Waals surface area contributed by atoms with Crippen LogP contribution in [0, 0.1) is 0 Å². The van der Waals surface area contributed by atoms with Gasteiger partial charge in [-0.2, -0.15) is 5.10 Å². The largest absolute Gasteiger partial charge is 0.330 e. The number of aromatic nitrogens is 3. The Kier molecular flexibility index (Phi) is 2.86. The van der Waals surface area contributed by atoms with Crippen LogP contribution in [-0.4, -0.2) is 21.1 Å². The molecule has 0 saturated carbocycles. The van der Waals surface area contributed by atoms with Gasteiger partial charge in [0, 0.05) is 22.7 Å². The third-order valence-corrected chi connectivity index (χ3v) is 2.91. The SMILES string of the molecule is CC(C)(CCN)c1nc2cc(Cl)ccn2n1. The monoisotopic (exact) mass is 238 g/mol. The molecule has 0 spiro atoms. The molecule has 0 atom stereocenters. The summed E-state index contributed by atoms with van der Waals surface area (Å²) in [6.07, 6.45) is 2.67. The van der Waals surface area contributed by atoms with Crippen LogP contribution in [0.3, 0.4) is 0 Å². The van der Waals surface area contributed by atoms with Gasteiger partial charge in [-0.05, 0) is 19.0 Å². The maximum absolute atomic E-state index is 5.90. The quantitative estimate of drug-likeness (QED) is 0.890. The van der Waals surface area contributed by atoms with Gasteiger partial charge >= 0.3 is 0 Å². The van der Waals surface area contributed by atoms with E-state index < -0.39 is 0 Å². The molecular weight excluding hydrogens is 224 g/mol. The molecule has 0 saturated heterocycles. The van der Waals surface area contributed by atoms with Crippen molar-refractivity contribution in [2.24, 2.45) is 5.73 Å². The molecule has 5 heteroatoms. The molecule has 0 bridgehead atoms. The molecule has 16 heavy (non-hydrogen) atoms. The molecule has 0 aliphatic rings. The number of halogens is 1. The molecule has 0 aromatic carbocycles. The molecule has 2 aromatic heterocycles. The van der Waals surface area contributed by atoms with Gasteiger partial charge in [0.15, 0.2) is 11.5 Å². The van der Waals surface area contributed by atoms with Gasteiger partial charge in [0.05, 0.1) is 0 Å². The minimum atomic E-state index is -0.104. The Hall–Kier alpha value is -1.13. The van der Waals surface area contributed by atoms with Crippen molar-refractivity contribution in [1.29, 1.82) is 0 Å². The first-order valence-corrected chi connectivity index (χ1v) is 5.63. The standard InChI is InChI=1S/C11H15ClN4/c1-11(2,4-5-13)10-14-9-7-8(12)3-6-16(9)15-10/h3,6-7H,4-5,13H2,1-2H3. The lowest BCUT2D eigenvalue weighted by Crippen LogP contribution is -2.23. The topological polar surface area (TPSA) is 56.2 Å². The van der Waals surface area contributed by atoms with Gasteiger partial charge in [0.2, 0.25) is 0 Å². The van der Waals surface area contributed by atoms with Crippen LogP contribution in [0.15, 0.2) is 18.3 Å². The first-order chi connectivity index (χ1) is 7.53. The summed E-state index contributed by atoms with van der Waals surface area (Å²) in [5.41, 5.74) is 6.25. The van der Waals surface area contributed by atoms with Crippen LogP contribution in [0.1, 0.15) is 26.1 Å². The van der Waals surface area contributed by atoms with Gasteiger partial charge in [0.25, 0.3) is 0 Å². The lowest BCUT2D eigenvalue weighted by molar-refractivity contribution is 0.457. The number of fused-ring (bicyclic) bond motifs is 1. The van der Waals surface area contributed by atoms with Crippen molar-refractivity contribution < 1.29 is 0 Å². The summed E-state index contributed by atoms with van der Waals surface area (Å²) in [5.74, 6) is 0.806. The average Bonchev–Trinajstić information content (AvgIpc) is 2.61. The van der Waals surface area contributed by atoms with E-state index in [1.165, 1.54) is 0 Å². The highest BCUT2D eigenvalue weighted by Crippen LogP contribution is 2.24. The first-order valence-electron chi connectivity index (χ1n) is 5.25. The van der Waals surface area contributed by atoms with Gasteiger partial charge in [0.1, 0.15) is 0 Å². The Morgan fingerprint density at radius 2 is 2.25 bits per heavy atom. The van der Waals surface area contributed by atoms with Crippen LogP contribution in [0.5, 0.6) is 0 Å². The number of nitrogens with two attached hydrogens (primary N) is 1. The minimum Gasteiger partial charge on any atom is -0.330 e. The maximum atomic E-state index is 5.90. The van der Waals surface area contributed by atoms with Crippen LogP contribution >= 0.6 is 11.6 Å². The first kappa shape index (κ1) is 11.4. The van der Waals surface area contributed by atoms with Crippen LogP contribution in [0.2, 0.25) is 5.02 Å². The molecule has 0 fully saturated rings. The summed E-state index contributed by atoms with van der Waals surface area (Å²) in [5, 5.41) is 5.10. The van der Waals surface area contributed by atoms with Crippen molar-refractivity contribution >= 4 is 17.2 Å². The highest BCUT2D eigenvalue weighted by Gasteiger charge is 2.24. The Labute approximate surface area is 99.4 Å². The third-order valence-electron chi connectivity index (χ3n) is 2.67. The molecule has 0 aliphatic heterocycles. The molecule has 2 aromatic rings. The Morgan fingerprint density at radius 1 is 1.50 bits per heavy atom. The fourth-order valence-electron chi connectivity index (χ4n) is 1.62. The second-order valence-corrected chi connectivity index (χ2v) is 4.94. The van der Waals surface area contributed by atoms with Gasteiger partial charge in [-0.25, -0.2) is 9.50 Å². The molecule has 0 unspecified atom stereocenters. The van der Waals surface area contributed by atoms with Crippen molar-refractivity contribution in [3.05, 3.63) is 29.2 Å². The Balaban J connectivity index is 2.46. The molecule has 2 rings (SSSR count). The number of pyridine rings is 1. The summed E-state index contributed by atoms with van der Waals surface area (Å²) in [6.45, 7) is 4.82. The molecule has 2 N–H and O–H groups in total. The summed E-state index contributed by atoms with van der Waals surface area (Å²) in [4.78, 5) is 4.48. The molecule has 0 amide bonds. The molecule has 86 valence electrons. The zero-order valence-electron chi connectivity index (χ0n) is 9.44. The van der Waals surface area contributed by atoms with E-state index in [0.29, 0.717) is 11.6 Å². The smallest absolute Gasteiger partial charge is 0.157 e. The third kappa shape index (κ3) is 2.03. The van der Waals surface area contributed by atoms with E-state index in [2.05, 4.69) is 23.9 Å². The lowest BCUT2D eigenvalue weighted by atomic mass is 9.89. The number of hydrogen-bond acceptors (Lipinski definition) is 3. The summed E-state index contributed by atoms with van der Waals surface area (Å²) >= 11 is 5.90. The normalized spacial score (nSPS) is 12.2. The maximum Gasteiger partial charge on any atom is 0.157 e. The van der Waals surface area contributed by atoms with Crippen molar-refractivity contribution in [2.75, 3.05) is 6.54 Å². The second-order valence-electron chi connectivity index (χ2n) is 4.51. The predicted molar refractivity (Wildman–Crippen MR) is 64.7 cm³/mol. The van der Waals surface area contributed by atoms with E-state index in [4.69, 9.17) is 17.3 Å². The number of nitrogens with zero attached hydrogens (tertiary/aromatic N) is 3. The predicted octanol–water partition coefficient (Wildman–Crippen LogP) is 2.01. The van der Waals surface area contributed by atoms with E-state index >= 15 is 0 Å². The highest BCUT2D eigenvalue weighted by atomic mass is 35.5. The van der Waals surface area contributed by atoms with Gasteiger partial charge in [-0.1, -0.05) is 25.4 Å². The van der Waals surface area contributed by atoms with Crippen molar-refractivity contribution in [3.63, 3.8) is 0 Å². The van der Waals surface area contributed by atoms with E-state index in [1.807, 2.05) is 6.20 Å². The molecule has 4 nitrogen and oxygen atoms in total. The van der Waals surface area contributed by atoms with Crippen LogP contribution < -0.4 is 5.73 Å². The fourth-order valence-corrected chi connectivity index (χ4v) is 1.77. The Bertz CT molecular complexity index is 504. The van der Waals surface area contributed by atoms with E-state index in [-0.39, 0.29) is 5.41 Å². The van der Waals surface area contributed by atoms with Crippen LogP contribution in [-0.2, 0) is 5.41 Å². The van der Waals surface area contributed by atoms with Gasteiger partial charge in [-0.3, -0.25) is 0 Å². The van der Waals surface area contributed by atoms with Crippen LogP contribution in [0.25, 0.3) is 5.65 Å². The molecule has 0 aliphatic carbocycles. The lowest BCUT2D eigenvalue weighted by Gasteiger charge is -2.19. The summed E-state index contributed by atoms with van der Waals surface area (Å²) in [7, 11) is 0. The summed E-state index contributed by atoms with van der Waals surface area (Å²) in [6, 6.07) is 3.60. The molecule has 2 heterocycles. The zero-order chi connectivity index (χ0) is 11.8.